The molecule has 154 valence electrons. The Balaban J connectivity index is 1.47. The molecule has 4 aromatic rings. The van der Waals surface area contributed by atoms with Crippen LogP contribution in [-0.2, 0) is 24.4 Å². The molecule has 30 heavy (non-hydrogen) atoms. The molecule has 4 rings (SSSR count). The van der Waals surface area contributed by atoms with E-state index < -0.39 is 0 Å². The molecule has 8 heteroatoms. The van der Waals surface area contributed by atoms with Gasteiger partial charge in [0.1, 0.15) is 11.5 Å². The van der Waals surface area contributed by atoms with Gasteiger partial charge in [0.05, 0.1) is 31.4 Å². The fourth-order valence-electron chi connectivity index (χ4n) is 3.11. The Labute approximate surface area is 178 Å². The van der Waals surface area contributed by atoms with Gasteiger partial charge >= 0.3 is 0 Å². The topological polar surface area (TPSA) is 77.3 Å². The zero-order valence-corrected chi connectivity index (χ0v) is 17.4. The second-order valence-electron chi connectivity index (χ2n) is 6.61. The maximum atomic E-state index is 13.0. The number of hydrogen-bond donors (Lipinski definition) is 0. The molecule has 0 unspecified atom stereocenters. The Kier molecular flexibility index (Phi) is 6.34. The quantitative estimate of drug-likeness (QED) is 0.370. The molecule has 3 aromatic heterocycles. The van der Waals surface area contributed by atoms with Gasteiger partial charge in [0, 0.05) is 12.1 Å². The van der Waals surface area contributed by atoms with Gasteiger partial charge in [0.25, 0.3) is 0 Å². The third-order valence-corrected chi connectivity index (χ3v) is 5.55. The Morgan fingerprint density at radius 1 is 0.967 bits per heavy atom. The normalized spacial score (nSPS) is 11.0. The summed E-state index contributed by atoms with van der Waals surface area (Å²) in [5, 5.41) is 9.38. The molecule has 0 aliphatic heterocycles. The molecular weight excluding hydrogens is 400 g/mol. The first-order chi connectivity index (χ1) is 14.7. The van der Waals surface area contributed by atoms with E-state index in [0.717, 1.165) is 34.6 Å². The first kappa shape index (κ1) is 20.0. The number of benzene rings is 1. The van der Waals surface area contributed by atoms with E-state index in [4.69, 9.17) is 8.83 Å². The SMILES string of the molecule is CCn1c(SCC(=O)N(Cc2ccco2)Cc2ccco2)nnc1-c1ccccc1. The van der Waals surface area contributed by atoms with Crippen LogP contribution in [0.15, 0.2) is 81.1 Å². The summed E-state index contributed by atoms with van der Waals surface area (Å²) in [6.45, 7) is 3.52. The molecule has 3 heterocycles. The van der Waals surface area contributed by atoms with Gasteiger partial charge in [0.2, 0.25) is 5.91 Å². The first-order valence-corrected chi connectivity index (χ1v) is 10.7. The highest BCUT2D eigenvalue weighted by Crippen LogP contribution is 2.24. The smallest absolute Gasteiger partial charge is 0.233 e. The molecule has 0 aliphatic carbocycles. The molecule has 1 aromatic carbocycles. The molecule has 1 amide bonds. The van der Waals surface area contributed by atoms with Crippen LogP contribution in [0.3, 0.4) is 0 Å². The van der Waals surface area contributed by atoms with Crippen LogP contribution < -0.4 is 0 Å². The van der Waals surface area contributed by atoms with E-state index in [0.29, 0.717) is 13.1 Å². The number of amides is 1. The lowest BCUT2D eigenvalue weighted by molar-refractivity contribution is -0.130. The molecule has 0 N–H and O–H groups in total. The lowest BCUT2D eigenvalue weighted by Gasteiger charge is -2.20. The first-order valence-electron chi connectivity index (χ1n) is 9.68. The van der Waals surface area contributed by atoms with E-state index in [9.17, 15) is 4.79 Å². The molecule has 0 fully saturated rings. The molecule has 0 saturated carbocycles. The summed E-state index contributed by atoms with van der Waals surface area (Å²) in [5.74, 6) is 2.47. The molecular formula is C22H22N4O3S. The monoisotopic (exact) mass is 422 g/mol. The summed E-state index contributed by atoms with van der Waals surface area (Å²) in [4.78, 5) is 14.7. The van der Waals surface area contributed by atoms with Crippen molar-refractivity contribution < 1.29 is 13.6 Å². The van der Waals surface area contributed by atoms with Gasteiger partial charge in [-0.3, -0.25) is 4.79 Å². The Bertz CT molecular complexity index is 1020. The van der Waals surface area contributed by atoms with Crippen molar-refractivity contribution in [3.05, 3.63) is 78.6 Å². The predicted molar refractivity (Wildman–Crippen MR) is 114 cm³/mol. The van der Waals surface area contributed by atoms with Crippen LogP contribution in [0.1, 0.15) is 18.4 Å². The summed E-state index contributed by atoms with van der Waals surface area (Å²) in [5.41, 5.74) is 1.00. The Morgan fingerprint density at radius 3 is 2.20 bits per heavy atom. The third-order valence-electron chi connectivity index (χ3n) is 4.60. The summed E-state index contributed by atoms with van der Waals surface area (Å²) >= 11 is 1.39. The summed E-state index contributed by atoms with van der Waals surface area (Å²) in [6, 6.07) is 17.3. The standard InChI is InChI=1S/C22H22N4O3S/c1-2-26-21(17-8-4-3-5-9-17)23-24-22(26)30-16-20(27)25(14-18-10-6-12-28-18)15-19-11-7-13-29-19/h3-13H,2,14-16H2,1H3. The summed E-state index contributed by atoms with van der Waals surface area (Å²) < 4.78 is 12.9. The Morgan fingerprint density at radius 2 is 1.63 bits per heavy atom. The number of thioether (sulfide) groups is 1. The minimum Gasteiger partial charge on any atom is -0.467 e. The van der Waals surface area contributed by atoms with Crippen molar-refractivity contribution >= 4 is 17.7 Å². The molecule has 0 aliphatic rings. The van der Waals surface area contributed by atoms with Crippen LogP contribution in [0.25, 0.3) is 11.4 Å². The number of carbonyl (C=O) groups excluding carboxylic acids is 1. The number of aromatic nitrogens is 3. The molecule has 7 nitrogen and oxygen atoms in total. The second-order valence-corrected chi connectivity index (χ2v) is 7.56. The number of hydrogen-bond acceptors (Lipinski definition) is 6. The van der Waals surface area contributed by atoms with E-state index >= 15 is 0 Å². The summed E-state index contributed by atoms with van der Waals surface area (Å²) in [7, 11) is 0. The van der Waals surface area contributed by atoms with Crippen LogP contribution in [0.2, 0.25) is 0 Å². The van der Waals surface area contributed by atoms with Crippen LogP contribution >= 0.6 is 11.8 Å². The van der Waals surface area contributed by atoms with Crippen LogP contribution in [0.5, 0.6) is 0 Å². The van der Waals surface area contributed by atoms with E-state index in [-0.39, 0.29) is 11.7 Å². The van der Waals surface area contributed by atoms with Gasteiger partial charge in [-0.15, -0.1) is 10.2 Å². The molecule has 0 atom stereocenters. The maximum Gasteiger partial charge on any atom is 0.233 e. The van der Waals surface area contributed by atoms with Crippen LogP contribution in [0.4, 0.5) is 0 Å². The molecule has 0 saturated heterocycles. The summed E-state index contributed by atoms with van der Waals surface area (Å²) in [6.07, 6.45) is 3.21. The lowest BCUT2D eigenvalue weighted by atomic mass is 10.2. The second kappa shape index (κ2) is 9.49. The number of carbonyl (C=O) groups is 1. The average Bonchev–Trinajstić information content (AvgIpc) is 3.54. The van der Waals surface area contributed by atoms with Crippen molar-refractivity contribution in [1.82, 2.24) is 19.7 Å². The highest BCUT2D eigenvalue weighted by atomic mass is 32.2. The Hall–Kier alpha value is -3.26. The molecule has 0 spiro atoms. The van der Waals surface area contributed by atoms with Crippen molar-refractivity contribution in [2.24, 2.45) is 0 Å². The fraction of sp³-hybridized carbons (Fsp3) is 0.227. The van der Waals surface area contributed by atoms with Crippen molar-refractivity contribution in [1.29, 1.82) is 0 Å². The van der Waals surface area contributed by atoms with Crippen molar-refractivity contribution in [3.8, 4) is 11.4 Å². The van der Waals surface area contributed by atoms with Gasteiger partial charge < -0.3 is 18.3 Å². The van der Waals surface area contributed by atoms with Crippen molar-refractivity contribution in [2.75, 3.05) is 5.75 Å². The minimum absolute atomic E-state index is 0.0280. The van der Waals surface area contributed by atoms with E-state index in [1.54, 1.807) is 17.4 Å². The van der Waals surface area contributed by atoms with Gasteiger partial charge in [0.15, 0.2) is 11.0 Å². The number of nitrogens with zero attached hydrogens (tertiary/aromatic N) is 4. The number of rotatable bonds is 9. The van der Waals surface area contributed by atoms with Gasteiger partial charge in [-0.1, -0.05) is 42.1 Å². The highest BCUT2D eigenvalue weighted by molar-refractivity contribution is 7.99. The zero-order valence-electron chi connectivity index (χ0n) is 16.6. The van der Waals surface area contributed by atoms with Crippen molar-refractivity contribution in [3.63, 3.8) is 0 Å². The van der Waals surface area contributed by atoms with E-state index in [1.165, 1.54) is 11.8 Å². The van der Waals surface area contributed by atoms with Crippen LogP contribution in [-0.4, -0.2) is 31.3 Å². The lowest BCUT2D eigenvalue weighted by Crippen LogP contribution is -2.31. The molecule has 0 radical (unpaired) electrons. The number of furan rings is 2. The minimum atomic E-state index is -0.0280. The van der Waals surface area contributed by atoms with Crippen molar-refractivity contribution in [2.45, 2.75) is 31.7 Å². The third kappa shape index (κ3) is 4.65. The van der Waals surface area contributed by atoms with Gasteiger partial charge in [-0.05, 0) is 31.2 Å². The van der Waals surface area contributed by atoms with Gasteiger partial charge in [-0.2, -0.15) is 0 Å². The van der Waals surface area contributed by atoms with E-state index in [1.807, 2.05) is 66.1 Å². The molecule has 0 bridgehead atoms. The zero-order chi connectivity index (χ0) is 20.8. The predicted octanol–water partition coefficient (Wildman–Crippen LogP) is 4.47. The largest absolute Gasteiger partial charge is 0.467 e. The highest BCUT2D eigenvalue weighted by Gasteiger charge is 2.20. The van der Waals surface area contributed by atoms with Gasteiger partial charge in [-0.25, -0.2) is 0 Å². The van der Waals surface area contributed by atoms with E-state index in [2.05, 4.69) is 10.2 Å². The average molecular weight is 423 g/mol. The fourth-order valence-corrected chi connectivity index (χ4v) is 4.02. The maximum absolute atomic E-state index is 13.0. The van der Waals surface area contributed by atoms with Crippen LogP contribution in [0, 0.1) is 0 Å².